The largest absolute Gasteiger partial charge is 0.394 e. The second-order valence-electron chi connectivity index (χ2n) is 4.87. The Bertz CT molecular complexity index is 475. The summed E-state index contributed by atoms with van der Waals surface area (Å²) in [5.74, 6) is 0.468. The fraction of sp³-hybridized carbons (Fsp3) is 0.643. The predicted molar refractivity (Wildman–Crippen MR) is 74.9 cm³/mol. The average Bonchev–Trinajstić information content (AvgIpc) is 2.46. The maximum atomic E-state index is 9.44. The van der Waals surface area contributed by atoms with E-state index in [0.717, 1.165) is 30.5 Å². The van der Waals surface area contributed by atoms with Crippen LogP contribution in [-0.2, 0) is 12.8 Å². The van der Waals surface area contributed by atoms with Crippen molar-refractivity contribution in [3.63, 3.8) is 0 Å². The number of rotatable bonds is 6. The standard InChI is InChI=1S/C14H22N4O/c1-5-10-11(8-15)13(18-17-12(10)6-2)16-14(4,7-3)9-19/h19H,5-7,9H2,1-4H3,(H,16,18). The number of nitriles is 1. The summed E-state index contributed by atoms with van der Waals surface area (Å²) in [4.78, 5) is 0. The number of anilines is 1. The van der Waals surface area contributed by atoms with Crippen LogP contribution in [0, 0.1) is 11.3 Å². The van der Waals surface area contributed by atoms with Crippen molar-refractivity contribution in [2.75, 3.05) is 11.9 Å². The van der Waals surface area contributed by atoms with Crippen molar-refractivity contribution in [1.29, 1.82) is 5.26 Å². The van der Waals surface area contributed by atoms with Crippen LogP contribution in [0.3, 0.4) is 0 Å². The molecular formula is C14H22N4O. The molecule has 5 nitrogen and oxygen atoms in total. The number of hydrogen-bond donors (Lipinski definition) is 2. The highest BCUT2D eigenvalue weighted by Crippen LogP contribution is 2.23. The molecule has 1 unspecified atom stereocenters. The lowest BCUT2D eigenvalue weighted by Gasteiger charge is -2.28. The van der Waals surface area contributed by atoms with Crippen LogP contribution in [-0.4, -0.2) is 27.4 Å². The van der Waals surface area contributed by atoms with Gasteiger partial charge < -0.3 is 10.4 Å². The van der Waals surface area contributed by atoms with E-state index in [-0.39, 0.29) is 6.61 Å². The normalized spacial score (nSPS) is 13.7. The monoisotopic (exact) mass is 262 g/mol. The molecule has 0 fully saturated rings. The van der Waals surface area contributed by atoms with Gasteiger partial charge in [-0.1, -0.05) is 20.8 Å². The molecule has 0 aliphatic rings. The van der Waals surface area contributed by atoms with E-state index >= 15 is 0 Å². The number of aromatic nitrogens is 2. The van der Waals surface area contributed by atoms with Gasteiger partial charge in [0.2, 0.25) is 0 Å². The SMILES string of the molecule is CCc1nnc(NC(C)(CC)CO)c(C#N)c1CC. The molecule has 0 radical (unpaired) electrons. The molecule has 5 heteroatoms. The van der Waals surface area contributed by atoms with E-state index in [1.54, 1.807) is 0 Å². The van der Waals surface area contributed by atoms with E-state index in [1.807, 2.05) is 27.7 Å². The zero-order valence-electron chi connectivity index (χ0n) is 12.1. The zero-order valence-corrected chi connectivity index (χ0v) is 12.1. The van der Waals surface area contributed by atoms with Gasteiger partial charge in [0.25, 0.3) is 0 Å². The van der Waals surface area contributed by atoms with Gasteiger partial charge in [0, 0.05) is 0 Å². The van der Waals surface area contributed by atoms with Gasteiger partial charge in [-0.2, -0.15) is 10.4 Å². The molecule has 1 aromatic rings. The molecule has 0 aliphatic heterocycles. The molecule has 0 spiro atoms. The Hall–Kier alpha value is -1.67. The maximum Gasteiger partial charge on any atom is 0.167 e. The highest BCUT2D eigenvalue weighted by molar-refractivity contribution is 5.57. The number of hydrogen-bond acceptors (Lipinski definition) is 5. The third-order valence-corrected chi connectivity index (χ3v) is 3.51. The Kier molecular flexibility index (Phi) is 5.25. The molecule has 1 heterocycles. The Balaban J connectivity index is 3.27. The maximum absolute atomic E-state index is 9.44. The Morgan fingerprint density at radius 1 is 1.26 bits per heavy atom. The number of aliphatic hydroxyl groups is 1. The number of nitrogens with zero attached hydrogens (tertiary/aromatic N) is 3. The molecule has 1 rings (SSSR count). The molecule has 0 aromatic carbocycles. The molecule has 0 bridgehead atoms. The van der Waals surface area contributed by atoms with Crippen molar-refractivity contribution in [3.05, 3.63) is 16.8 Å². The van der Waals surface area contributed by atoms with Crippen LogP contribution in [0.15, 0.2) is 0 Å². The summed E-state index contributed by atoms with van der Waals surface area (Å²) in [5, 5.41) is 30.3. The van der Waals surface area contributed by atoms with Crippen LogP contribution in [0.2, 0.25) is 0 Å². The van der Waals surface area contributed by atoms with Crippen LogP contribution < -0.4 is 5.32 Å². The summed E-state index contributed by atoms with van der Waals surface area (Å²) < 4.78 is 0. The Morgan fingerprint density at radius 3 is 2.37 bits per heavy atom. The first-order valence-corrected chi connectivity index (χ1v) is 6.72. The van der Waals surface area contributed by atoms with Crippen molar-refractivity contribution in [2.24, 2.45) is 0 Å². The van der Waals surface area contributed by atoms with Crippen molar-refractivity contribution in [2.45, 2.75) is 52.5 Å². The lowest BCUT2D eigenvalue weighted by atomic mass is 9.98. The number of nitrogens with one attached hydrogen (secondary N) is 1. The third-order valence-electron chi connectivity index (χ3n) is 3.51. The zero-order chi connectivity index (χ0) is 14.5. The second-order valence-corrected chi connectivity index (χ2v) is 4.87. The number of aliphatic hydroxyl groups excluding tert-OH is 1. The van der Waals surface area contributed by atoms with Crippen molar-refractivity contribution in [3.8, 4) is 6.07 Å². The molecule has 0 amide bonds. The first-order chi connectivity index (χ1) is 9.05. The van der Waals surface area contributed by atoms with E-state index < -0.39 is 5.54 Å². The summed E-state index contributed by atoms with van der Waals surface area (Å²) in [6.45, 7) is 7.86. The molecule has 1 aromatic heterocycles. The summed E-state index contributed by atoms with van der Waals surface area (Å²) in [7, 11) is 0. The van der Waals surface area contributed by atoms with Gasteiger partial charge in [-0.15, -0.1) is 5.10 Å². The average molecular weight is 262 g/mol. The minimum absolute atomic E-state index is 0.0208. The van der Waals surface area contributed by atoms with E-state index in [1.165, 1.54) is 0 Å². The first kappa shape index (κ1) is 15.4. The summed E-state index contributed by atoms with van der Waals surface area (Å²) in [6, 6.07) is 2.21. The second kappa shape index (κ2) is 6.48. The van der Waals surface area contributed by atoms with Crippen molar-refractivity contribution in [1.82, 2.24) is 10.2 Å². The van der Waals surface area contributed by atoms with E-state index in [0.29, 0.717) is 11.4 Å². The van der Waals surface area contributed by atoms with E-state index in [4.69, 9.17) is 0 Å². The minimum atomic E-state index is -0.487. The van der Waals surface area contributed by atoms with Gasteiger partial charge >= 0.3 is 0 Å². The summed E-state index contributed by atoms with van der Waals surface area (Å²) in [5.41, 5.74) is 1.87. The minimum Gasteiger partial charge on any atom is -0.394 e. The van der Waals surface area contributed by atoms with Gasteiger partial charge in [-0.3, -0.25) is 0 Å². The summed E-state index contributed by atoms with van der Waals surface area (Å²) in [6.07, 6.45) is 2.24. The smallest absolute Gasteiger partial charge is 0.167 e. The van der Waals surface area contributed by atoms with Crippen LogP contribution in [0.4, 0.5) is 5.82 Å². The van der Waals surface area contributed by atoms with Crippen molar-refractivity contribution < 1.29 is 5.11 Å². The topological polar surface area (TPSA) is 81.8 Å². The highest BCUT2D eigenvalue weighted by atomic mass is 16.3. The third kappa shape index (κ3) is 3.21. The van der Waals surface area contributed by atoms with Crippen molar-refractivity contribution >= 4 is 5.82 Å². The fourth-order valence-electron chi connectivity index (χ4n) is 1.91. The fourth-order valence-corrected chi connectivity index (χ4v) is 1.91. The van der Waals surface area contributed by atoms with Crippen LogP contribution in [0.5, 0.6) is 0 Å². The van der Waals surface area contributed by atoms with Crippen LogP contribution >= 0.6 is 0 Å². The van der Waals surface area contributed by atoms with Gasteiger partial charge in [-0.25, -0.2) is 0 Å². The highest BCUT2D eigenvalue weighted by Gasteiger charge is 2.24. The molecule has 0 aliphatic carbocycles. The molecule has 19 heavy (non-hydrogen) atoms. The van der Waals surface area contributed by atoms with Crippen LogP contribution in [0.25, 0.3) is 0 Å². The molecule has 2 N–H and O–H groups in total. The Labute approximate surface area is 114 Å². The number of aryl methyl sites for hydroxylation is 1. The lowest BCUT2D eigenvalue weighted by Crippen LogP contribution is -2.38. The first-order valence-electron chi connectivity index (χ1n) is 6.72. The van der Waals surface area contributed by atoms with E-state index in [9.17, 15) is 10.4 Å². The van der Waals surface area contributed by atoms with Crippen LogP contribution in [0.1, 0.15) is 50.9 Å². The molecule has 0 saturated carbocycles. The molecule has 104 valence electrons. The predicted octanol–water partition coefficient (Wildman–Crippen LogP) is 2.05. The van der Waals surface area contributed by atoms with Gasteiger partial charge in [0.05, 0.1) is 17.8 Å². The molecular weight excluding hydrogens is 240 g/mol. The van der Waals surface area contributed by atoms with Gasteiger partial charge in [0.1, 0.15) is 11.6 Å². The quantitative estimate of drug-likeness (QED) is 0.820. The summed E-state index contributed by atoms with van der Waals surface area (Å²) >= 11 is 0. The lowest BCUT2D eigenvalue weighted by molar-refractivity contribution is 0.218. The van der Waals surface area contributed by atoms with E-state index in [2.05, 4.69) is 21.6 Å². The molecule has 1 atom stereocenters. The Morgan fingerprint density at radius 2 is 1.95 bits per heavy atom. The molecule has 0 saturated heterocycles. The van der Waals surface area contributed by atoms with Gasteiger partial charge in [-0.05, 0) is 31.7 Å². The van der Waals surface area contributed by atoms with Gasteiger partial charge in [0.15, 0.2) is 5.82 Å².